The summed E-state index contributed by atoms with van der Waals surface area (Å²) < 4.78 is 3.69. The number of fused-ring (bicyclic) bond motifs is 1. The van der Waals surface area contributed by atoms with Gasteiger partial charge in [-0.1, -0.05) is 53.8 Å². The van der Waals surface area contributed by atoms with Gasteiger partial charge in [0.15, 0.2) is 0 Å². The van der Waals surface area contributed by atoms with Crippen LogP contribution >= 0.6 is 11.3 Å². The molecule has 2 aromatic carbocycles. The molecule has 1 amide bonds. The Labute approximate surface area is 178 Å². The van der Waals surface area contributed by atoms with Crippen LogP contribution in [-0.2, 0) is 18.4 Å². The summed E-state index contributed by atoms with van der Waals surface area (Å²) in [5.41, 5.74) is 3.79. The summed E-state index contributed by atoms with van der Waals surface area (Å²) in [5, 5.41) is 3.13. The summed E-state index contributed by atoms with van der Waals surface area (Å²) in [7, 11) is 1.96. The molecule has 0 saturated carbocycles. The van der Waals surface area contributed by atoms with Gasteiger partial charge in [0.2, 0.25) is 5.91 Å². The highest BCUT2D eigenvalue weighted by molar-refractivity contribution is 7.09. The molecule has 0 aliphatic rings. The second-order valence-corrected chi connectivity index (χ2v) is 8.51. The van der Waals surface area contributed by atoms with Crippen molar-refractivity contribution < 1.29 is 4.79 Å². The van der Waals surface area contributed by atoms with Crippen molar-refractivity contribution >= 4 is 28.3 Å². The Morgan fingerprint density at radius 2 is 1.80 bits per heavy atom. The molecular weight excluding hydrogens is 396 g/mol. The monoisotopic (exact) mass is 420 g/mol. The number of amides is 1. The van der Waals surface area contributed by atoms with Crippen LogP contribution in [0.5, 0.6) is 0 Å². The molecule has 4 aromatic rings. The number of carbonyl (C=O) groups is 1. The molecular formula is C23H24N4O2S. The maximum Gasteiger partial charge on any atom is 0.307 e. The van der Waals surface area contributed by atoms with E-state index in [2.05, 4.69) is 5.32 Å². The molecule has 1 N–H and O–H groups in total. The van der Waals surface area contributed by atoms with Gasteiger partial charge >= 0.3 is 4.87 Å². The summed E-state index contributed by atoms with van der Waals surface area (Å²) in [6.45, 7) is 4.21. The average molecular weight is 421 g/mol. The second kappa shape index (κ2) is 8.28. The van der Waals surface area contributed by atoms with Gasteiger partial charge in [-0.2, -0.15) is 0 Å². The maximum atomic E-state index is 12.9. The van der Waals surface area contributed by atoms with Gasteiger partial charge in [-0.3, -0.25) is 9.59 Å². The Balaban J connectivity index is 1.61. The predicted molar refractivity (Wildman–Crippen MR) is 120 cm³/mol. The van der Waals surface area contributed by atoms with Crippen LogP contribution < -0.4 is 10.2 Å². The van der Waals surface area contributed by atoms with Crippen molar-refractivity contribution in [1.29, 1.82) is 0 Å². The minimum atomic E-state index is -0.377. The van der Waals surface area contributed by atoms with Crippen LogP contribution in [-0.4, -0.2) is 20.0 Å². The summed E-state index contributed by atoms with van der Waals surface area (Å²) in [6.07, 6.45) is 0.226. The van der Waals surface area contributed by atoms with E-state index in [-0.39, 0.29) is 23.2 Å². The molecule has 0 saturated heterocycles. The molecule has 0 aliphatic heterocycles. The van der Waals surface area contributed by atoms with Gasteiger partial charge in [0, 0.05) is 30.6 Å². The van der Waals surface area contributed by atoms with Crippen LogP contribution in [0.25, 0.3) is 11.0 Å². The molecule has 0 spiro atoms. The maximum absolute atomic E-state index is 12.9. The lowest BCUT2D eigenvalue weighted by Crippen LogP contribution is -2.32. The van der Waals surface area contributed by atoms with Crippen molar-refractivity contribution in [3.05, 3.63) is 86.2 Å². The normalized spacial score (nSPS) is 12.2. The van der Waals surface area contributed by atoms with E-state index in [1.165, 1.54) is 11.3 Å². The lowest BCUT2D eigenvalue weighted by Gasteiger charge is -2.19. The van der Waals surface area contributed by atoms with Crippen LogP contribution in [0.3, 0.4) is 0 Å². The molecule has 0 bridgehead atoms. The first-order valence-corrected chi connectivity index (χ1v) is 10.7. The van der Waals surface area contributed by atoms with Crippen LogP contribution in [0.2, 0.25) is 0 Å². The van der Waals surface area contributed by atoms with E-state index in [1.54, 1.807) is 4.57 Å². The van der Waals surface area contributed by atoms with Gasteiger partial charge in [0.1, 0.15) is 11.9 Å². The van der Waals surface area contributed by atoms with E-state index in [0.29, 0.717) is 6.54 Å². The summed E-state index contributed by atoms with van der Waals surface area (Å²) in [4.78, 5) is 30.7. The van der Waals surface area contributed by atoms with Crippen molar-refractivity contribution in [1.82, 2.24) is 19.4 Å². The first-order valence-electron chi connectivity index (χ1n) is 9.88. The van der Waals surface area contributed by atoms with E-state index >= 15 is 0 Å². The fraction of sp³-hybridized carbons (Fsp3) is 0.261. The quantitative estimate of drug-likeness (QED) is 0.517. The third-order valence-corrected chi connectivity index (χ3v) is 6.45. The second-order valence-electron chi connectivity index (χ2n) is 7.34. The summed E-state index contributed by atoms with van der Waals surface area (Å²) in [6, 6.07) is 17.4. The van der Waals surface area contributed by atoms with Crippen LogP contribution in [0, 0.1) is 13.8 Å². The van der Waals surface area contributed by atoms with Crippen LogP contribution in [0.15, 0.2) is 59.4 Å². The van der Waals surface area contributed by atoms with Crippen LogP contribution in [0.4, 0.5) is 0 Å². The summed E-state index contributed by atoms with van der Waals surface area (Å²) >= 11 is 1.22. The van der Waals surface area contributed by atoms with E-state index < -0.39 is 0 Å². The first kappa shape index (κ1) is 20.1. The third-order valence-electron chi connectivity index (χ3n) is 5.46. The highest BCUT2D eigenvalue weighted by atomic mass is 32.1. The van der Waals surface area contributed by atoms with Gasteiger partial charge in [0.05, 0.1) is 11.0 Å². The molecule has 2 aromatic heterocycles. The molecule has 0 fully saturated rings. The zero-order valence-corrected chi connectivity index (χ0v) is 18.1. The van der Waals surface area contributed by atoms with Crippen molar-refractivity contribution in [3.63, 3.8) is 0 Å². The number of hydrogen-bond acceptors (Lipinski definition) is 4. The molecule has 1 unspecified atom stereocenters. The highest BCUT2D eigenvalue weighted by Crippen LogP contribution is 2.25. The third kappa shape index (κ3) is 3.80. The van der Waals surface area contributed by atoms with Gasteiger partial charge in [-0.15, -0.1) is 0 Å². The Kier molecular flexibility index (Phi) is 5.55. The number of aromatic nitrogens is 3. The summed E-state index contributed by atoms with van der Waals surface area (Å²) in [5.74, 6) is 0.654. The number of nitrogens with zero attached hydrogens (tertiary/aromatic N) is 3. The first-order chi connectivity index (χ1) is 14.5. The number of benzene rings is 2. The Bertz CT molecular complexity index is 1250. The lowest BCUT2D eigenvalue weighted by atomic mass is 10.1. The largest absolute Gasteiger partial charge is 0.342 e. The Morgan fingerprint density at radius 3 is 2.47 bits per heavy atom. The van der Waals surface area contributed by atoms with Crippen molar-refractivity contribution in [2.45, 2.75) is 32.9 Å². The number of carbonyl (C=O) groups excluding carboxylic acids is 1. The van der Waals surface area contributed by atoms with Crippen molar-refractivity contribution in [2.75, 3.05) is 0 Å². The van der Waals surface area contributed by atoms with E-state index in [4.69, 9.17) is 4.98 Å². The average Bonchev–Trinajstić information content (AvgIpc) is 3.21. The SMILES string of the molecule is Cc1sc(=O)n(CCC(=O)NC(c2ccccc2)c2nc3ccccc3n2C)c1C. The lowest BCUT2D eigenvalue weighted by molar-refractivity contribution is -0.121. The molecule has 2 heterocycles. The smallest absolute Gasteiger partial charge is 0.307 e. The number of aryl methyl sites for hydroxylation is 2. The standard InChI is InChI=1S/C23H24N4O2S/c1-15-16(2)30-23(29)27(15)14-13-20(28)25-21(17-9-5-4-6-10-17)22-24-18-11-7-8-12-19(18)26(22)3/h4-12,21H,13-14H2,1-3H3,(H,25,28). The molecule has 6 nitrogen and oxygen atoms in total. The molecule has 154 valence electrons. The predicted octanol–water partition coefficient (Wildman–Crippen LogP) is 3.71. The number of nitrogens with one attached hydrogen (secondary N) is 1. The highest BCUT2D eigenvalue weighted by Gasteiger charge is 2.22. The molecule has 1 atom stereocenters. The van der Waals surface area contributed by atoms with Gasteiger partial charge in [0.25, 0.3) is 0 Å². The van der Waals surface area contributed by atoms with Crippen LogP contribution in [0.1, 0.15) is 34.4 Å². The molecule has 0 radical (unpaired) electrons. The Morgan fingerprint density at radius 1 is 1.10 bits per heavy atom. The molecule has 7 heteroatoms. The number of rotatable bonds is 6. The van der Waals surface area contributed by atoms with Crippen molar-refractivity contribution in [2.24, 2.45) is 7.05 Å². The number of thiazole rings is 1. The van der Waals surface area contributed by atoms with Crippen molar-refractivity contribution in [3.8, 4) is 0 Å². The fourth-order valence-corrected chi connectivity index (χ4v) is 4.52. The minimum Gasteiger partial charge on any atom is -0.342 e. The van der Waals surface area contributed by atoms with E-state index in [0.717, 1.165) is 33.0 Å². The number of imidazole rings is 1. The number of hydrogen-bond donors (Lipinski definition) is 1. The van der Waals surface area contributed by atoms with E-state index in [1.807, 2.05) is 80.1 Å². The van der Waals surface area contributed by atoms with E-state index in [9.17, 15) is 9.59 Å². The van der Waals surface area contributed by atoms with Gasteiger partial charge < -0.3 is 14.5 Å². The topological polar surface area (TPSA) is 68.9 Å². The Hall–Kier alpha value is -3.19. The zero-order valence-electron chi connectivity index (χ0n) is 17.3. The fourth-order valence-electron chi connectivity index (χ4n) is 3.66. The minimum absolute atomic E-state index is 0.0206. The molecule has 4 rings (SSSR count). The van der Waals surface area contributed by atoms with Gasteiger partial charge in [-0.05, 0) is 31.5 Å². The molecule has 0 aliphatic carbocycles. The van der Waals surface area contributed by atoms with Gasteiger partial charge in [-0.25, -0.2) is 4.98 Å². The zero-order chi connectivity index (χ0) is 21.3. The number of para-hydroxylation sites is 2. The molecule has 30 heavy (non-hydrogen) atoms.